The van der Waals surface area contributed by atoms with E-state index in [2.05, 4.69) is 31.2 Å². The zero-order valence-electron chi connectivity index (χ0n) is 10.7. The van der Waals surface area contributed by atoms with Gasteiger partial charge in [0.15, 0.2) is 0 Å². The van der Waals surface area contributed by atoms with E-state index in [4.69, 9.17) is 0 Å². The summed E-state index contributed by atoms with van der Waals surface area (Å²) in [6, 6.07) is 0. The van der Waals surface area contributed by atoms with Crippen LogP contribution in [-0.2, 0) is 0 Å². The molecule has 89 valence electrons. The fourth-order valence-corrected chi connectivity index (χ4v) is 2.25. The minimum atomic E-state index is 1.08. The Bertz CT molecular complexity index is 162. The summed E-state index contributed by atoms with van der Waals surface area (Å²) >= 11 is 0. The second kappa shape index (κ2) is 6.46. The normalized spacial score (nSPS) is 20.8. The van der Waals surface area contributed by atoms with Crippen LogP contribution in [0.3, 0.4) is 0 Å². The van der Waals surface area contributed by atoms with Crippen LogP contribution in [0.1, 0.15) is 19.8 Å². The van der Waals surface area contributed by atoms with Gasteiger partial charge in [-0.1, -0.05) is 13.3 Å². The summed E-state index contributed by atoms with van der Waals surface area (Å²) < 4.78 is 1.32. The van der Waals surface area contributed by atoms with E-state index in [1.807, 2.05) is 0 Å². The molecule has 1 fully saturated rings. The number of rotatable bonds is 6. The molecule has 1 aliphatic rings. The van der Waals surface area contributed by atoms with Gasteiger partial charge in [-0.2, -0.15) is 0 Å². The van der Waals surface area contributed by atoms with Gasteiger partial charge in [-0.05, 0) is 20.5 Å². The molecule has 0 saturated carbocycles. The molecule has 0 amide bonds. The number of hydrogen-bond donors (Lipinski definition) is 0. The molecule has 0 aliphatic carbocycles. The largest absolute Gasteiger partial charge is 0.320 e. The topological polar surface area (TPSA) is 17.3 Å². The molecule has 15 heavy (non-hydrogen) atoms. The van der Waals surface area contributed by atoms with Gasteiger partial charge in [0.1, 0.15) is 0 Å². The highest BCUT2D eigenvalue weighted by molar-refractivity contribution is 4.58. The lowest BCUT2D eigenvalue weighted by atomic mass is 10.2. The predicted molar refractivity (Wildman–Crippen MR) is 65.1 cm³/mol. The van der Waals surface area contributed by atoms with Gasteiger partial charge in [-0.25, -0.2) is 5.32 Å². The molecule has 0 spiro atoms. The maximum atomic E-state index is 4.48. The van der Waals surface area contributed by atoms with Crippen LogP contribution in [0, 0.1) is 0 Å². The van der Waals surface area contributed by atoms with E-state index in [0.29, 0.717) is 0 Å². The van der Waals surface area contributed by atoms with E-state index in [9.17, 15) is 0 Å². The van der Waals surface area contributed by atoms with Crippen molar-refractivity contribution in [1.29, 1.82) is 0 Å². The van der Waals surface area contributed by atoms with Crippen LogP contribution in [0.4, 0.5) is 0 Å². The molecule has 1 heterocycles. The summed E-state index contributed by atoms with van der Waals surface area (Å²) in [4.78, 5) is 2.30. The number of nitrogens with zero attached hydrogens (tertiary/aromatic N) is 3. The van der Waals surface area contributed by atoms with E-state index in [1.54, 1.807) is 0 Å². The highest BCUT2D eigenvalue weighted by atomic mass is 15.4. The van der Waals surface area contributed by atoms with Gasteiger partial charge < -0.3 is 9.38 Å². The first-order valence-electron chi connectivity index (χ1n) is 6.32. The second-order valence-corrected chi connectivity index (χ2v) is 5.06. The second-order valence-electron chi connectivity index (χ2n) is 5.06. The maximum Gasteiger partial charge on any atom is 0.0931 e. The summed E-state index contributed by atoms with van der Waals surface area (Å²) in [6.07, 6.45) is 2.69. The van der Waals surface area contributed by atoms with Crippen molar-refractivity contribution in [3.8, 4) is 0 Å². The van der Waals surface area contributed by atoms with Gasteiger partial charge in [0.25, 0.3) is 0 Å². The number of hydrogen-bond acceptors (Lipinski definition) is 1. The van der Waals surface area contributed by atoms with Crippen molar-refractivity contribution in [2.75, 3.05) is 59.9 Å². The molecule has 0 unspecified atom stereocenters. The van der Waals surface area contributed by atoms with E-state index in [1.165, 1.54) is 50.0 Å². The molecule has 0 atom stereocenters. The molecule has 0 N–H and O–H groups in total. The van der Waals surface area contributed by atoms with Crippen molar-refractivity contribution in [3.05, 3.63) is 0 Å². The molecule has 0 aromatic heterocycles. The van der Waals surface area contributed by atoms with Crippen molar-refractivity contribution < 1.29 is 4.48 Å². The van der Waals surface area contributed by atoms with Crippen molar-refractivity contribution in [1.82, 2.24) is 10.2 Å². The third-order valence-corrected chi connectivity index (χ3v) is 3.47. The zero-order valence-corrected chi connectivity index (χ0v) is 10.7. The van der Waals surface area contributed by atoms with Gasteiger partial charge in [-0.15, -0.1) is 0 Å². The number of quaternary nitrogens is 1. The molecular formula is C12H27N3+. The van der Waals surface area contributed by atoms with Gasteiger partial charge in [-0.3, -0.25) is 0 Å². The molecule has 3 nitrogen and oxygen atoms in total. The van der Waals surface area contributed by atoms with Crippen LogP contribution in [0.2, 0.25) is 0 Å². The van der Waals surface area contributed by atoms with Gasteiger partial charge in [0.05, 0.1) is 39.3 Å². The van der Waals surface area contributed by atoms with Crippen LogP contribution >= 0.6 is 0 Å². The van der Waals surface area contributed by atoms with E-state index in [-0.39, 0.29) is 0 Å². The number of likely N-dealkylation sites (N-methyl/N-ethyl adjacent to an activating group) is 1. The first-order chi connectivity index (χ1) is 7.18. The Kier molecular flexibility index (Phi) is 5.58. The fourth-order valence-electron chi connectivity index (χ4n) is 2.25. The third kappa shape index (κ3) is 4.49. The predicted octanol–water partition coefficient (Wildman–Crippen LogP) is 0.783. The highest BCUT2D eigenvalue weighted by Crippen LogP contribution is 2.11. The lowest BCUT2D eigenvalue weighted by Gasteiger charge is -2.42. The van der Waals surface area contributed by atoms with Gasteiger partial charge >= 0.3 is 0 Å². The first-order valence-corrected chi connectivity index (χ1v) is 6.32. The van der Waals surface area contributed by atoms with Crippen LogP contribution in [0.25, 0.3) is 0 Å². The monoisotopic (exact) mass is 213 g/mol. The fraction of sp³-hybridized carbons (Fsp3) is 1.00. The summed E-state index contributed by atoms with van der Waals surface area (Å²) in [6.45, 7) is 10.9. The van der Waals surface area contributed by atoms with Crippen LogP contribution in [-0.4, -0.2) is 69.3 Å². The van der Waals surface area contributed by atoms with Crippen LogP contribution in [0.15, 0.2) is 0 Å². The summed E-state index contributed by atoms with van der Waals surface area (Å²) in [7, 11) is 4.34. The molecular weight excluding hydrogens is 186 g/mol. The molecule has 1 saturated heterocycles. The molecule has 1 aliphatic heterocycles. The Morgan fingerprint density at radius 2 is 1.80 bits per heavy atom. The van der Waals surface area contributed by atoms with E-state index < -0.39 is 0 Å². The summed E-state index contributed by atoms with van der Waals surface area (Å²) in [5.74, 6) is 0. The van der Waals surface area contributed by atoms with Gasteiger partial charge in [0.2, 0.25) is 0 Å². The average molecular weight is 213 g/mol. The minimum Gasteiger partial charge on any atom is -0.320 e. The van der Waals surface area contributed by atoms with Crippen LogP contribution < -0.4 is 5.32 Å². The quantitative estimate of drug-likeness (QED) is 0.596. The van der Waals surface area contributed by atoms with E-state index >= 15 is 0 Å². The Labute approximate surface area is 95.0 Å². The Morgan fingerprint density at radius 1 is 1.13 bits per heavy atom. The van der Waals surface area contributed by atoms with Gasteiger partial charge in [0, 0.05) is 6.54 Å². The first kappa shape index (κ1) is 12.9. The Morgan fingerprint density at radius 3 is 2.33 bits per heavy atom. The Balaban J connectivity index is 2.42. The molecule has 0 aromatic carbocycles. The lowest BCUT2D eigenvalue weighted by Crippen LogP contribution is -2.59. The van der Waals surface area contributed by atoms with Crippen molar-refractivity contribution in [2.24, 2.45) is 0 Å². The standard InChI is InChI=1S/C12H27N3/c1-4-5-9-15(12-8-14(2)3)10-6-13-7-11-15/h4-12H2,1-3H3/q+1. The molecule has 0 aromatic rings. The highest BCUT2D eigenvalue weighted by Gasteiger charge is 2.29. The molecule has 1 radical (unpaired) electrons. The molecule has 3 heteroatoms. The van der Waals surface area contributed by atoms with E-state index in [0.717, 1.165) is 13.1 Å². The molecule has 1 rings (SSSR count). The lowest BCUT2D eigenvalue weighted by molar-refractivity contribution is -0.929. The third-order valence-electron chi connectivity index (χ3n) is 3.47. The average Bonchev–Trinajstić information content (AvgIpc) is 2.25. The zero-order chi connectivity index (χ0) is 11.1. The summed E-state index contributed by atoms with van der Waals surface area (Å²) in [5.41, 5.74) is 0. The SMILES string of the molecule is CCCC[N+]1(CCN(C)C)CC[N]CC1. The number of piperazine rings is 1. The number of unbranched alkanes of at least 4 members (excludes halogenated alkanes) is 1. The van der Waals surface area contributed by atoms with Crippen LogP contribution in [0.5, 0.6) is 0 Å². The van der Waals surface area contributed by atoms with Crippen molar-refractivity contribution in [3.63, 3.8) is 0 Å². The smallest absolute Gasteiger partial charge is 0.0931 e. The van der Waals surface area contributed by atoms with Crippen molar-refractivity contribution in [2.45, 2.75) is 19.8 Å². The maximum absolute atomic E-state index is 4.48. The molecule has 0 bridgehead atoms. The van der Waals surface area contributed by atoms with Crippen molar-refractivity contribution >= 4 is 0 Å². The Hall–Kier alpha value is -0.120. The minimum absolute atomic E-state index is 1.08. The summed E-state index contributed by atoms with van der Waals surface area (Å²) in [5, 5.41) is 4.48.